The number of amides is 3. The number of nitrogens with one attached hydrogen (secondary N) is 1. The first kappa shape index (κ1) is 23.3. The van der Waals surface area contributed by atoms with Crippen LogP contribution < -0.4 is 5.32 Å². The minimum absolute atomic E-state index is 0.0000226. The van der Waals surface area contributed by atoms with Gasteiger partial charge in [0.05, 0.1) is 6.54 Å². The lowest BCUT2D eigenvalue weighted by molar-refractivity contribution is -0.135. The van der Waals surface area contributed by atoms with Crippen molar-refractivity contribution in [3.05, 3.63) is 35.9 Å². The highest BCUT2D eigenvalue weighted by atomic mass is 16.2. The molecule has 2 fully saturated rings. The standard InChI is InChI=1S/C25H37N3O3/c1-2-15-28(24(30)19-26-23(29)18-20-9-5-3-6-10-20)22-13-16-27(17-14-22)25(31)21-11-7-4-8-12-21/h4,7-8,11-12,20,22H,2-3,5-6,9-10,13-19H2,1H3,(H,26,29). The van der Waals surface area contributed by atoms with Gasteiger partial charge in [-0.25, -0.2) is 0 Å². The van der Waals surface area contributed by atoms with Gasteiger partial charge in [-0.3, -0.25) is 14.4 Å². The van der Waals surface area contributed by atoms with Crippen molar-refractivity contribution in [3.8, 4) is 0 Å². The molecule has 1 saturated heterocycles. The fraction of sp³-hybridized carbons (Fsp3) is 0.640. The van der Waals surface area contributed by atoms with Crippen LogP contribution in [0.15, 0.2) is 30.3 Å². The van der Waals surface area contributed by atoms with Crippen molar-refractivity contribution in [3.63, 3.8) is 0 Å². The Morgan fingerprint density at radius 1 is 1.00 bits per heavy atom. The second-order valence-corrected chi connectivity index (χ2v) is 8.96. The average Bonchev–Trinajstić information content (AvgIpc) is 2.82. The van der Waals surface area contributed by atoms with Gasteiger partial charge >= 0.3 is 0 Å². The van der Waals surface area contributed by atoms with Gasteiger partial charge in [0.25, 0.3) is 5.91 Å². The largest absolute Gasteiger partial charge is 0.347 e. The maximum atomic E-state index is 12.9. The molecule has 1 aromatic rings. The zero-order valence-corrected chi connectivity index (χ0v) is 18.9. The quantitative estimate of drug-likeness (QED) is 0.689. The van der Waals surface area contributed by atoms with Gasteiger partial charge in [-0.2, -0.15) is 0 Å². The second kappa shape index (κ2) is 11.9. The van der Waals surface area contributed by atoms with Crippen molar-refractivity contribution in [2.75, 3.05) is 26.2 Å². The predicted molar refractivity (Wildman–Crippen MR) is 122 cm³/mol. The summed E-state index contributed by atoms with van der Waals surface area (Å²) in [6, 6.07) is 9.48. The molecule has 1 aliphatic heterocycles. The Labute approximate surface area is 186 Å². The highest BCUT2D eigenvalue weighted by molar-refractivity contribution is 5.94. The molecule has 0 spiro atoms. The average molecular weight is 428 g/mol. The second-order valence-electron chi connectivity index (χ2n) is 8.96. The van der Waals surface area contributed by atoms with Crippen LogP contribution in [0.1, 0.15) is 75.1 Å². The SMILES string of the molecule is CCCN(C(=O)CNC(=O)CC1CCCCC1)C1CCN(C(=O)c2ccccc2)CC1. The van der Waals surface area contributed by atoms with E-state index in [4.69, 9.17) is 0 Å². The number of hydrogen-bond donors (Lipinski definition) is 1. The minimum atomic E-state index is -0.00770. The van der Waals surface area contributed by atoms with Crippen molar-refractivity contribution in [1.82, 2.24) is 15.1 Å². The first-order valence-corrected chi connectivity index (χ1v) is 12.0. The van der Waals surface area contributed by atoms with Crippen molar-refractivity contribution < 1.29 is 14.4 Å². The number of hydrogen-bond acceptors (Lipinski definition) is 3. The molecule has 170 valence electrons. The zero-order chi connectivity index (χ0) is 22.1. The summed E-state index contributed by atoms with van der Waals surface area (Å²) in [5, 5.41) is 2.86. The van der Waals surface area contributed by atoms with Gasteiger partial charge in [0, 0.05) is 37.7 Å². The van der Waals surface area contributed by atoms with Gasteiger partial charge in [0.15, 0.2) is 0 Å². The van der Waals surface area contributed by atoms with Gasteiger partial charge < -0.3 is 15.1 Å². The number of rotatable bonds is 8. The highest BCUT2D eigenvalue weighted by Gasteiger charge is 2.29. The van der Waals surface area contributed by atoms with Crippen molar-refractivity contribution in [2.24, 2.45) is 5.92 Å². The molecule has 0 bridgehead atoms. The Bertz CT molecular complexity index is 723. The predicted octanol–water partition coefficient (Wildman–Crippen LogP) is 3.62. The molecule has 0 radical (unpaired) electrons. The minimum Gasteiger partial charge on any atom is -0.347 e. The monoisotopic (exact) mass is 427 g/mol. The van der Waals surface area contributed by atoms with E-state index < -0.39 is 0 Å². The van der Waals surface area contributed by atoms with Crippen LogP contribution in [0.5, 0.6) is 0 Å². The maximum Gasteiger partial charge on any atom is 0.253 e. The lowest BCUT2D eigenvalue weighted by Crippen LogP contribution is -2.51. The maximum absolute atomic E-state index is 12.9. The van der Waals surface area contributed by atoms with E-state index in [0.717, 1.165) is 32.1 Å². The lowest BCUT2D eigenvalue weighted by atomic mass is 9.87. The summed E-state index contributed by atoms with van der Waals surface area (Å²) in [6.45, 7) is 4.14. The number of carbonyl (C=O) groups is 3. The Morgan fingerprint density at radius 3 is 2.32 bits per heavy atom. The van der Waals surface area contributed by atoms with Crippen LogP contribution in [0.2, 0.25) is 0 Å². The molecule has 6 nitrogen and oxygen atoms in total. The van der Waals surface area contributed by atoms with Crippen LogP contribution in [0.3, 0.4) is 0 Å². The highest BCUT2D eigenvalue weighted by Crippen LogP contribution is 2.26. The van der Waals surface area contributed by atoms with Gasteiger partial charge in [-0.15, -0.1) is 0 Å². The van der Waals surface area contributed by atoms with Crippen LogP contribution in [0.25, 0.3) is 0 Å². The summed E-state index contributed by atoms with van der Waals surface area (Å²) < 4.78 is 0. The van der Waals surface area contributed by atoms with E-state index in [1.165, 1.54) is 19.3 Å². The van der Waals surface area contributed by atoms with Crippen LogP contribution in [-0.4, -0.2) is 59.7 Å². The molecular weight excluding hydrogens is 390 g/mol. The molecule has 31 heavy (non-hydrogen) atoms. The topological polar surface area (TPSA) is 69.7 Å². The summed E-state index contributed by atoms with van der Waals surface area (Å²) in [5.74, 6) is 0.524. The molecule has 0 unspecified atom stereocenters. The fourth-order valence-corrected chi connectivity index (χ4v) is 4.90. The molecule has 0 aromatic heterocycles. The van der Waals surface area contributed by atoms with Gasteiger partial charge in [-0.05, 0) is 50.2 Å². The summed E-state index contributed by atoms with van der Waals surface area (Å²) in [5.41, 5.74) is 0.711. The summed E-state index contributed by atoms with van der Waals surface area (Å²) in [6.07, 6.45) is 8.94. The third kappa shape index (κ3) is 6.81. The molecule has 1 aromatic carbocycles. The third-order valence-electron chi connectivity index (χ3n) is 6.63. The summed E-state index contributed by atoms with van der Waals surface area (Å²) >= 11 is 0. The molecule has 3 rings (SSSR count). The van der Waals surface area contributed by atoms with Gasteiger partial charge in [-0.1, -0.05) is 44.4 Å². The molecular formula is C25H37N3O3. The number of piperidine rings is 1. The smallest absolute Gasteiger partial charge is 0.253 e. The molecule has 1 N–H and O–H groups in total. The molecule has 0 atom stereocenters. The molecule has 1 saturated carbocycles. The Hall–Kier alpha value is -2.37. The van der Waals surface area contributed by atoms with Crippen molar-refractivity contribution in [2.45, 2.75) is 70.8 Å². The van der Waals surface area contributed by atoms with Crippen LogP contribution in [0, 0.1) is 5.92 Å². The lowest BCUT2D eigenvalue weighted by Gasteiger charge is -2.38. The van der Waals surface area contributed by atoms with Gasteiger partial charge in [0.2, 0.25) is 11.8 Å². The third-order valence-corrected chi connectivity index (χ3v) is 6.63. The van der Waals surface area contributed by atoms with E-state index in [1.54, 1.807) is 0 Å². The number of carbonyl (C=O) groups excluding carboxylic acids is 3. The molecule has 3 amide bonds. The molecule has 6 heteroatoms. The number of likely N-dealkylation sites (tertiary alicyclic amines) is 1. The van der Waals surface area contributed by atoms with Crippen LogP contribution in [-0.2, 0) is 9.59 Å². The van der Waals surface area contributed by atoms with E-state index in [-0.39, 0.29) is 30.3 Å². The van der Waals surface area contributed by atoms with Crippen LogP contribution >= 0.6 is 0 Å². The normalized spacial score (nSPS) is 17.9. The van der Waals surface area contributed by atoms with E-state index in [9.17, 15) is 14.4 Å². The van der Waals surface area contributed by atoms with E-state index in [2.05, 4.69) is 12.2 Å². The van der Waals surface area contributed by atoms with E-state index in [1.807, 2.05) is 40.1 Å². The molecule has 1 heterocycles. The van der Waals surface area contributed by atoms with Gasteiger partial charge in [0.1, 0.15) is 0 Å². The first-order chi connectivity index (χ1) is 15.1. The fourth-order valence-electron chi connectivity index (χ4n) is 4.90. The van der Waals surface area contributed by atoms with Crippen LogP contribution in [0.4, 0.5) is 0 Å². The zero-order valence-electron chi connectivity index (χ0n) is 18.9. The first-order valence-electron chi connectivity index (χ1n) is 12.0. The van der Waals surface area contributed by atoms with Crippen molar-refractivity contribution >= 4 is 17.7 Å². The molecule has 2 aliphatic rings. The Morgan fingerprint density at radius 2 is 1.68 bits per heavy atom. The van der Waals surface area contributed by atoms with E-state index >= 15 is 0 Å². The summed E-state index contributed by atoms with van der Waals surface area (Å²) in [7, 11) is 0. The number of nitrogens with zero attached hydrogens (tertiary/aromatic N) is 2. The summed E-state index contributed by atoms with van der Waals surface area (Å²) in [4.78, 5) is 41.7. The van der Waals surface area contributed by atoms with E-state index in [0.29, 0.717) is 37.5 Å². The van der Waals surface area contributed by atoms with Crippen molar-refractivity contribution in [1.29, 1.82) is 0 Å². The Balaban J connectivity index is 1.46. The molecule has 1 aliphatic carbocycles. The Kier molecular flexibility index (Phi) is 8.92. The number of benzene rings is 1.